The second kappa shape index (κ2) is 5.43. The maximum atomic E-state index is 13.9. The predicted octanol–water partition coefficient (Wildman–Crippen LogP) is 3.86. The van der Waals surface area contributed by atoms with Crippen molar-refractivity contribution in [2.45, 2.75) is 45.6 Å². The monoisotopic (exact) mass is 279 g/mol. The minimum Gasteiger partial charge on any atom is -0.444 e. The molecule has 1 aromatic rings. The zero-order valence-corrected chi connectivity index (χ0v) is 12.6. The quantitative estimate of drug-likeness (QED) is 0.781. The van der Waals surface area contributed by atoms with Gasteiger partial charge in [0.1, 0.15) is 11.4 Å². The Morgan fingerprint density at radius 1 is 1.40 bits per heavy atom. The first-order valence-corrected chi connectivity index (χ1v) is 7.00. The molecule has 1 aliphatic heterocycles. The van der Waals surface area contributed by atoms with E-state index in [-0.39, 0.29) is 17.8 Å². The summed E-state index contributed by atoms with van der Waals surface area (Å²) in [6, 6.07) is 5.14. The molecular formula is C16H22FNO2. The number of halogens is 1. The third-order valence-electron chi connectivity index (χ3n) is 3.43. The number of carbonyl (C=O) groups excluding carboxylic acids is 1. The number of hydrogen-bond donors (Lipinski definition) is 0. The van der Waals surface area contributed by atoms with Crippen LogP contribution in [-0.2, 0) is 4.74 Å². The summed E-state index contributed by atoms with van der Waals surface area (Å²) in [6.07, 6.45) is 0.465. The number of aryl methyl sites for hydroxylation is 1. The zero-order valence-electron chi connectivity index (χ0n) is 12.6. The SMILES string of the molecule is Cc1ccc(F)c(C2CCN(C(=O)OC(C)(C)C)C2)c1. The first kappa shape index (κ1) is 14.8. The van der Waals surface area contributed by atoms with Crippen LogP contribution in [0.2, 0.25) is 0 Å². The van der Waals surface area contributed by atoms with Gasteiger partial charge in [0.25, 0.3) is 0 Å². The topological polar surface area (TPSA) is 29.5 Å². The zero-order chi connectivity index (χ0) is 14.9. The highest BCUT2D eigenvalue weighted by atomic mass is 19.1. The van der Waals surface area contributed by atoms with E-state index in [1.54, 1.807) is 11.0 Å². The lowest BCUT2D eigenvalue weighted by Crippen LogP contribution is -2.35. The molecule has 20 heavy (non-hydrogen) atoms. The van der Waals surface area contributed by atoms with Gasteiger partial charge in [-0.3, -0.25) is 0 Å². The van der Waals surface area contributed by atoms with E-state index in [0.29, 0.717) is 18.7 Å². The van der Waals surface area contributed by atoms with Gasteiger partial charge >= 0.3 is 6.09 Å². The van der Waals surface area contributed by atoms with Crippen LogP contribution in [0.4, 0.5) is 9.18 Å². The number of ether oxygens (including phenoxy) is 1. The molecule has 0 aromatic heterocycles. The molecule has 3 nitrogen and oxygen atoms in total. The van der Waals surface area contributed by atoms with Crippen molar-refractivity contribution in [2.24, 2.45) is 0 Å². The van der Waals surface area contributed by atoms with Crippen molar-refractivity contribution in [2.75, 3.05) is 13.1 Å². The lowest BCUT2D eigenvalue weighted by Gasteiger charge is -2.24. The summed E-state index contributed by atoms with van der Waals surface area (Å²) < 4.78 is 19.2. The van der Waals surface area contributed by atoms with Gasteiger partial charge in [-0.1, -0.05) is 17.7 Å². The Morgan fingerprint density at radius 3 is 2.75 bits per heavy atom. The molecule has 0 saturated carbocycles. The average Bonchev–Trinajstić information content (AvgIpc) is 2.79. The molecule has 4 heteroatoms. The van der Waals surface area contributed by atoms with Gasteiger partial charge in [-0.2, -0.15) is 0 Å². The van der Waals surface area contributed by atoms with Crippen molar-refractivity contribution in [1.29, 1.82) is 0 Å². The Labute approximate surface area is 119 Å². The minimum absolute atomic E-state index is 0.0578. The number of benzene rings is 1. The Kier molecular flexibility index (Phi) is 4.02. The Hall–Kier alpha value is -1.58. The molecule has 1 fully saturated rings. The van der Waals surface area contributed by atoms with Crippen molar-refractivity contribution in [1.82, 2.24) is 4.90 Å². The summed E-state index contributed by atoms with van der Waals surface area (Å²) in [7, 11) is 0. The van der Waals surface area contributed by atoms with E-state index in [0.717, 1.165) is 12.0 Å². The van der Waals surface area contributed by atoms with Crippen LogP contribution in [0.3, 0.4) is 0 Å². The van der Waals surface area contributed by atoms with Crippen molar-refractivity contribution >= 4 is 6.09 Å². The Morgan fingerprint density at radius 2 is 2.10 bits per heavy atom. The minimum atomic E-state index is -0.496. The fourth-order valence-electron chi connectivity index (χ4n) is 2.48. The number of likely N-dealkylation sites (tertiary alicyclic amines) is 1. The fraction of sp³-hybridized carbons (Fsp3) is 0.562. The van der Waals surface area contributed by atoms with E-state index in [1.165, 1.54) is 6.07 Å². The van der Waals surface area contributed by atoms with Crippen LogP contribution in [0.25, 0.3) is 0 Å². The van der Waals surface area contributed by atoms with E-state index < -0.39 is 5.60 Å². The molecule has 2 rings (SSSR count). The number of nitrogens with zero attached hydrogens (tertiary/aromatic N) is 1. The van der Waals surface area contributed by atoms with Gasteiger partial charge in [0.15, 0.2) is 0 Å². The summed E-state index contributed by atoms with van der Waals surface area (Å²) in [5.74, 6) is -0.131. The summed E-state index contributed by atoms with van der Waals surface area (Å²) in [6.45, 7) is 8.63. The largest absolute Gasteiger partial charge is 0.444 e. The normalized spacial score (nSPS) is 19.2. The molecule has 0 radical (unpaired) electrons. The highest BCUT2D eigenvalue weighted by molar-refractivity contribution is 5.68. The lowest BCUT2D eigenvalue weighted by molar-refractivity contribution is 0.0292. The molecule has 1 heterocycles. The summed E-state index contributed by atoms with van der Waals surface area (Å²) in [5.41, 5.74) is 1.25. The first-order chi connectivity index (χ1) is 9.26. The molecule has 1 amide bonds. The van der Waals surface area contributed by atoms with Crippen molar-refractivity contribution in [3.63, 3.8) is 0 Å². The molecule has 0 aliphatic carbocycles. The van der Waals surface area contributed by atoms with Crippen LogP contribution in [-0.4, -0.2) is 29.7 Å². The standard InChI is InChI=1S/C16H22FNO2/c1-11-5-6-14(17)13(9-11)12-7-8-18(10-12)15(19)20-16(2,3)4/h5-6,9,12H,7-8,10H2,1-4H3. The second-order valence-corrected chi connectivity index (χ2v) is 6.44. The summed E-state index contributed by atoms with van der Waals surface area (Å²) in [4.78, 5) is 13.7. The molecule has 1 aliphatic rings. The molecule has 0 bridgehead atoms. The van der Waals surface area contributed by atoms with Crippen LogP contribution in [0.15, 0.2) is 18.2 Å². The van der Waals surface area contributed by atoms with Gasteiger partial charge in [-0.25, -0.2) is 9.18 Å². The highest BCUT2D eigenvalue weighted by Crippen LogP contribution is 2.30. The predicted molar refractivity (Wildman–Crippen MR) is 76.3 cm³/mol. The summed E-state index contributed by atoms with van der Waals surface area (Å²) >= 11 is 0. The first-order valence-electron chi connectivity index (χ1n) is 7.00. The van der Waals surface area contributed by atoms with Gasteiger partial charge in [0.05, 0.1) is 0 Å². The van der Waals surface area contributed by atoms with Crippen molar-refractivity contribution < 1.29 is 13.9 Å². The molecule has 1 atom stereocenters. The van der Waals surface area contributed by atoms with Gasteiger partial charge in [0.2, 0.25) is 0 Å². The van der Waals surface area contributed by atoms with Crippen molar-refractivity contribution in [3.05, 3.63) is 35.1 Å². The lowest BCUT2D eigenvalue weighted by atomic mass is 9.96. The number of amides is 1. The van der Waals surface area contributed by atoms with Crippen LogP contribution in [0.1, 0.15) is 44.2 Å². The number of rotatable bonds is 1. The van der Waals surface area contributed by atoms with Crippen LogP contribution in [0.5, 0.6) is 0 Å². The Balaban J connectivity index is 2.05. The van der Waals surface area contributed by atoms with Crippen LogP contribution >= 0.6 is 0 Å². The van der Waals surface area contributed by atoms with E-state index in [9.17, 15) is 9.18 Å². The number of carbonyl (C=O) groups is 1. The van der Waals surface area contributed by atoms with E-state index >= 15 is 0 Å². The second-order valence-electron chi connectivity index (χ2n) is 6.44. The van der Waals surface area contributed by atoms with Gasteiger partial charge < -0.3 is 9.64 Å². The average molecular weight is 279 g/mol. The Bertz CT molecular complexity index is 508. The van der Waals surface area contributed by atoms with Crippen LogP contribution in [0, 0.1) is 12.7 Å². The highest BCUT2D eigenvalue weighted by Gasteiger charge is 2.31. The molecule has 0 N–H and O–H groups in total. The fourth-order valence-corrected chi connectivity index (χ4v) is 2.48. The maximum Gasteiger partial charge on any atom is 0.410 e. The molecular weight excluding hydrogens is 257 g/mol. The van der Waals surface area contributed by atoms with Gasteiger partial charge in [-0.05, 0) is 45.7 Å². The van der Waals surface area contributed by atoms with Gasteiger partial charge in [0, 0.05) is 19.0 Å². The number of hydrogen-bond acceptors (Lipinski definition) is 2. The van der Waals surface area contributed by atoms with E-state index in [2.05, 4.69) is 0 Å². The maximum absolute atomic E-state index is 13.9. The summed E-state index contributed by atoms with van der Waals surface area (Å²) in [5, 5.41) is 0. The molecule has 1 unspecified atom stereocenters. The smallest absolute Gasteiger partial charge is 0.410 e. The molecule has 0 spiro atoms. The molecule has 110 valence electrons. The molecule has 1 aromatic carbocycles. The molecule has 1 saturated heterocycles. The van der Waals surface area contributed by atoms with Crippen molar-refractivity contribution in [3.8, 4) is 0 Å². The third kappa shape index (κ3) is 3.50. The van der Waals surface area contributed by atoms with Gasteiger partial charge in [-0.15, -0.1) is 0 Å². The van der Waals surface area contributed by atoms with Crippen LogP contribution < -0.4 is 0 Å². The third-order valence-corrected chi connectivity index (χ3v) is 3.43. The van der Waals surface area contributed by atoms with E-state index in [1.807, 2.05) is 33.8 Å². The van der Waals surface area contributed by atoms with E-state index in [4.69, 9.17) is 4.74 Å².